The van der Waals surface area contributed by atoms with Gasteiger partial charge in [0.25, 0.3) is 0 Å². The normalized spacial score (nSPS) is 26.6. The molecular formula is C20H25FN10O10P2S2. The van der Waals surface area contributed by atoms with E-state index in [1.807, 2.05) is 0 Å². The Labute approximate surface area is 261 Å². The third kappa shape index (κ3) is 5.24. The summed E-state index contributed by atoms with van der Waals surface area (Å²) in [6.07, 6.45) is -0.519. The van der Waals surface area contributed by atoms with Gasteiger partial charge in [0.05, 0.1) is 0 Å². The van der Waals surface area contributed by atoms with E-state index >= 15 is 4.39 Å². The molecular weight excluding hydrogens is 685 g/mol. The maximum atomic E-state index is 15.9. The van der Waals surface area contributed by atoms with E-state index in [0.717, 1.165) is 17.2 Å². The Balaban J connectivity index is 1.28. The number of anilines is 2. The standard InChI is InChI=1S/C20H25FN10O10P2S2/c21-8-12-7(39-18(8)30-4-26-9-14(22)24-3-25-15(9)30)2-37-43(35,45)41-13-11(32)6(1-36-42(34,44)40-12)38-19(13)31-5-27-10-16(31)28-20(23)29-17(10)33/h1,5,11,15,24-26,32,34-35,42-45H,2-4,22H2,(H3,23,28,29,33)/b6-1+/t11-,15?/m1/s1. The third-order valence-electron chi connectivity index (χ3n) is 6.80. The Bertz CT molecular complexity index is 1880. The molecule has 0 spiro atoms. The molecule has 0 aliphatic carbocycles. The van der Waals surface area contributed by atoms with Crippen molar-refractivity contribution < 1.29 is 46.5 Å². The first kappa shape index (κ1) is 30.0. The number of nitrogen functional groups attached to an aromatic ring is 1. The number of fused-ring (bicyclic) bond motifs is 5. The second-order valence-corrected chi connectivity index (χ2v) is 16.2. The van der Waals surface area contributed by atoms with E-state index in [9.17, 15) is 19.7 Å². The van der Waals surface area contributed by atoms with E-state index in [1.165, 1.54) is 4.90 Å². The van der Waals surface area contributed by atoms with Crippen molar-refractivity contribution in [1.29, 1.82) is 0 Å². The molecule has 3 aromatic heterocycles. The molecule has 0 aromatic carbocycles. The number of thiol groups is 2. The van der Waals surface area contributed by atoms with Gasteiger partial charge in [-0.05, 0) is 0 Å². The van der Waals surface area contributed by atoms with Crippen LogP contribution in [0.2, 0.25) is 0 Å². The second kappa shape index (κ2) is 10.7. The van der Waals surface area contributed by atoms with E-state index in [2.05, 4.69) is 55.4 Å². The zero-order valence-electron chi connectivity index (χ0n) is 22.3. The number of aliphatic hydroxyl groups excluding tert-OH is 1. The van der Waals surface area contributed by atoms with Crippen LogP contribution in [-0.2, 0) is 24.9 Å². The van der Waals surface area contributed by atoms with Gasteiger partial charge in [-0.3, -0.25) is 0 Å². The minimum absolute atomic E-state index is 0.0700. The molecule has 0 amide bonds. The number of ether oxygens (including phenoxy) is 1. The van der Waals surface area contributed by atoms with Gasteiger partial charge >= 0.3 is 262 Å². The molecule has 7 heterocycles. The number of H-pyrrole nitrogens is 1. The molecule has 4 aliphatic rings. The zero-order valence-corrected chi connectivity index (χ0v) is 26.1. The average Bonchev–Trinajstić information content (AvgIpc) is 3.72. The summed E-state index contributed by atoms with van der Waals surface area (Å²) in [6, 6.07) is 0. The van der Waals surface area contributed by atoms with Crippen LogP contribution in [0.15, 0.2) is 44.8 Å². The molecule has 1 unspecified atom stereocenters. The molecule has 1 saturated heterocycles. The molecule has 20 nitrogen and oxygen atoms in total. The average molecular weight is 711 g/mol. The fraction of sp³-hybridized carbons (Fsp3) is 0.250. The van der Waals surface area contributed by atoms with Crippen molar-refractivity contribution >= 4 is 67.7 Å². The second-order valence-electron chi connectivity index (χ2n) is 9.71. The first-order valence-corrected chi connectivity index (χ1v) is 18.8. The van der Waals surface area contributed by atoms with E-state index in [-0.39, 0.29) is 48.0 Å². The van der Waals surface area contributed by atoms with Gasteiger partial charge < -0.3 is 0 Å². The molecule has 2 atom stereocenters. The minimum atomic E-state index is -4.63. The zero-order chi connectivity index (χ0) is 31.8. The van der Waals surface area contributed by atoms with Gasteiger partial charge in [0.1, 0.15) is 0 Å². The third-order valence-corrected chi connectivity index (χ3v) is 9.95. The molecule has 4 aliphatic heterocycles. The van der Waals surface area contributed by atoms with E-state index < -0.39 is 61.8 Å². The van der Waals surface area contributed by atoms with Gasteiger partial charge in [0.15, 0.2) is 0 Å². The van der Waals surface area contributed by atoms with Crippen molar-refractivity contribution in [3.8, 4) is 5.75 Å². The van der Waals surface area contributed by atoms with Crippen molar-refractivity contribution in [3.63, 3.8) is 0 Å². The van der Waals surface area contributed by atoms with Crippen LogP contribution in [0.1, 0.15) is 5.76 Å². The predicted molar refractivity (Wildman–Crippen MR) is 163 cm³/mol. The maximum absolute atomic E-state index is 15.9. The number of nitrogens with zero attached hydrogens (tertiary/aromatic N) is 4. The monoisotopic (exact) mass is 710 g/mol. The van der Waals surface area contributed by atoms with E-state index in [0.29, 0.717) is 11.5 Å². The molecule has 0 saturated carbocycles. The summed E-state index contributed by atoms with van der Waals surface area (Å²) in [4.78, 5) is 46.1. The summed E-state index contributed by atoms with van der Waals surface area (Å²) < 4.78 is 50.5. The van der Waals surface area contributed by atoms with E-state index in [1.54, 1.807) is 0 Å². The molecule has 7 rings (SSSR count). The molecule has 45 heavy (non-hydrogen) atoms. The van der Waals surface area contributed by atoms with Crippen LogP contribution in [0, 0.1) is 5.82 Å². The van der Waals surface area contributed by atoms with Gasteiger partial charge in [0.2, 0.25) is 0 Å². The summed E-state index contributed by atoms with van der Waals surface area (Å²) in [6.45, 7) is -0.355. The number of aromatic amines is 1. The quantitative estimate of drug-likeness (QED) is 0.113. The number of hydrogen-bond donors (Lipinski definition) is 11. The Morgan fingerprint density at radius 1 is 1.18 bits per heavy atom. The predicted octanol–water partition coefficient (Wildman–Crippen LogP) is -0.930. The number of imidazole rings is 1. The summed E-state index contributed by atoms with van der Waals surface area (Å²) >= 11 is 8.20. The molecule has 3 aromatic rings. The first-order chi connectivity index (χ1) is 21.3. The van der Waals surface area contributed by atoms with Crippen molar-refractivity contribution in [2.45, 2.75) is 18.9 Å². The summed E-state index contributed by atoms with van der Waals surface area (Å²) in [5.74, 6) is -3.46. The van der Waals surface area contributed by atoms with Gasteiger partial charge in [0, 0.05) is 0 Å². The Morgan fingerprint density at radius 3 is 2.78 bits per heavy atom. The topological polar surface area (TPSA) is 275 Å². The summed E-state index contributed by atoms with van der Waals surface area (Å²) in [5.41, 5.74) is 11.3. The number of halogens is 1. The van der Waals surface area contributed by atoms with Crippen molar-refractivity contribution in [2.75, 3.05) is 24.0 Å². The van der Waals surface area contributed by atoms with Gasteiger partial charge in [-0.2, -0.15) is 0 Å². The van der Waals surface area contributed by atoms with E-state index in [4.69, 9.17) is 38.7 Å². The summed E-state index contributed by atoms with van der Waals surface area (Å²) in [7, 11) is -9.23. The Kier molecular flexibility index (Phi) is 7.15. The fourth-order valence-electron chi connectivity index (χ4n) is 4.82. The first-order valence-electron chi connectivity index (χ1n) is 12.7. The van der Waals surface area contributed by atoms with Crippen LogP contribution in [0.5, 0.6) is 5.75 Å². The number of hydrogen-bond acceptors (Lipinski definition) is 20. The van der Waals surface area contributed by atoms with Crippen molar-refractivity contribution in [3.05, 3.63) is 57.6 Å². The van der Waals surface area contributed by atoms with Crippen molar-refractivity contribution in [1.82, 2.24) is 35.5 Å². The molecule has 11 N–H and O–H groups in total. The fourth-order valence-corrected chi connectivity index (χ4v) is 7.40. The van der Waals surface area contributed by atoms with Crippen molar-refractivity contribution in [2.24, 2.45) is 5.73 Å². The Morgan fingerprint density at radius 2 is 1.98 bits per heavy atom. The van der Waals surface area contributed by atoms with Crippen LogP contribution >= 0.6 is 38.8 Å². The van der Waals surface area contributed by atoms with Crippen LogP contribution in [0.4, 0.5) is 16.2 Å². The molecule has 244 valence electrons. The SMILES string of the molecule is NC1=C2NCN(c3oc4c(c3F)O[PH](O)(S)O/C=C3/OC(n5cnc6c(=O)[nH]c(N)nc65)=C(O[PH](O)(S)OC4)[C@@H]3O)C2NCN1. The van der Waals surface area contributed by atoms with Crippen LogP contribution < -0.4 is 42.4 Å². The molecule has 2 bridgehead atoms. The van der Waals surface area contributed by atoms with Crippen LogP contribution in [0.25, 0.3) is 17.0 Å². The molecule has 1 fully saturated rings. The number of rotatable bonds is 2. The Hall–Kier alpha value is -3.66. The van der Waals surface area contributed by atoms with Crippen LogP contribution in [-0.4, -0.2) is 60.0 Å². The van der Waals surface area contributed by atoms with Gasteiger partial charge in [-0.1, -0.05) is 0 Å². The number of aromatic nitrogens is 4. The number of nitrogens with one attached hydrogen (secondary N) is 4. The number of furan rings is 1. The van der Waals surface area contributed by atoms with Gasteiger partial charge in [-0.15, -0.1) is 0 Å². The molecule has 25 heteroatoms. The van der Waals surface area contributed by atoms with Gasteiger partial charge in [-0.25, -0.2) is 0 Å². The number of nitrogens with two attached hydrogens (primary N) is 2. The summed E-state index contributed by atoms with van der Waals surface area (Å²) in [5, 5.41) is 20.1. The number of aliphatic hydroxyl groups is 1. The van der Waals surface area contributed by atoms with Crippen LogP contribution in [0.3, 0.4) is 0 Å². The molecule has 0 radical (unpaired) electrons.